The Morgan fingerprint density at radius 2 is 2.00 bits per heavy atom. The van der Waals surface area contributed by atoms with Gasteiger partial charge in [-0.2, -0.15) is 4.80 Å². The van der Waals surface area contributed by atoms with Crippen LogP contribution in [-0.4, -0.2) is 26.1 Å². The minimum Gasteiger partial charge on any atom is -0.348 e. The third-order valence-corrected chi connectivity index (χ3v) is 4.28. The molecule has 0 unspecified atom stereocenters. The molecule has 26 heavy (non-hydrogen) atoms. The second-order valence-electron chi connectivity index (χ2n) is 6.09. The molecule has 1 atom stereocenters. The van der Waals surface area contributed by atoms with Gasteiger partial charge in [0.05, 0.1) is 6.04 Å². The molecule has 134 valence electrons. The fourth-order valence-electron chi connectivity index (χ4n) is 2.64. The number of hydrogen-bond donors (Lipinski definition) is 1. The van der Waals surface area contributed by atoms with Gasteiger partial charge in [0, 0.05) is 10.6 Å². The summed E-state index contributed by atoms with van der Waals surface area (Å²) in [5, 5.41) is 15.8. The summed E-state index contributed by atoms with van der Waals surface area (Å²) in [6, 6.07) is 15.3. The molecule has 1 heterocycles. The zero-order valence-corrected chi connectivity index (χ0v) is 15.4. The van der Waals surface area contributed by atoms with Crippen molar-refractivity contribution in [3.05, 3.63) is 64.7 Å². The molecule has 0 aliphatic heterocycles. The van der Waals surface area contributed by atoms with Crippen LogP contribution in [0.3, 0.4) is 0 Å². The summed E-state index contributed by atoms with van der Waals surface area (Å²) >= 11 is 5.98. The predicted molar refractivity (Wildman–Crippen MR) is 101 cm³/mol. The van der Waals surface area contributed by atoms with Gasteiger partial charge in [-0.3, -0.25) is 4.79 Å². The Morgan fingerprint density at radius 3 is 2.69 bits per heavy atom. The van der Waals surface area contributed by atoms with Gasteiger partial charge in [0.25, 0.3) is 0 Å². The number of carbonyl (C=O) groups is 1. The number of amides is 1. The number of benzene rings is 2. The lowest BCUT2D eigenvalue weighted by molar-refractivity contribution is -0.122. The van der Waals surface area contributed by atoms with E-state index in [9.17, 15) is 4.79 Å². The number of aromatic nitrogens is 4. The molecule has 1 amide bonds. The predicted octanol–water partition coefficient (Wildman–Crippen LogP) is 3.57. The lowest BCUT2D eigenvalue weighted by Gasteiger charge is -2.17. The van der Waals surface area contributed by atoms with Crippen molar-refractivity contribution < 1.29 is 4.79 Å². The molecular formula is C19H20ClN5O. The van der Waals surface area contributed by atoms with Crippen molar-refractivity contribution in [1.82, 2.24) is 25.5 Å². The van der Waals surface area contributed by atoms with E-state index in [2.05, 4.69) is 20.7 Å². The topological polar surface area (TPSA) is 72.7 Å². The van der Waals surface area contributed by atoms with E-state index >= 15 is 0 Å². The van der Waals surface area contributed by atoms with Gasteiger partial charge in [0.2, 0.25) is 11.7 Å². The minimum atomic E-state index is -0.160. The smallest absolute Gasteiger partial charge is 0.244 e. The summed E-state index contributed by atoms with van der Waals surface area (Å²) in [5.74, 6) is 0.276. The summed E-state index contributed by atoms with van der Waals surface area (Å²) in [5.41, 5.74) is 3.03. The first-order valence-electron chi connectivity index (χ1n) is 8.45. The van der Waals surface area contributed by atoms with E-state index in [-0.39, 0.29) is 18.5 Å². The molecule has 0 spiro atoms. The summed E-state index contributed by atoms with van der Waals surface area (Å²) in [4.78, 5) is 13.6. The molecule has 3 aromatic rings. The first-order chi connectivity index (χ1) is 12.5. The highest BCUT2D eigenvalue weighted by Crippen LogP contribution is 2.19. The maximum atomic E-state index is 12.4. The zero-order valence-electron chi connectivity index (χ0n) is 14.7. The van der Waals surface area contributed by atoms with Gasteiger partial charge in [-0.1, -0.05) is 60.5 Å². The summed E-state index contributed by atoms with van der Waals surface area (Å²) in [6.45, 7) is 4.09. The largest absolute Gasteiger partial charge is 0.348 e. The Hall–Kier alpha value is -2.73. The molecule has 0 saturated heterocycles. The van der Waals surface area contributed by atoms with E-state index in [1.54, 1.807) is 12.1 Å². The molecule has 3 rings (SSSR count). The number of halogens is 1. The first-order valence-corrected chi connectivity index (χ1v) is 8.82. The van der Waals surface area contributed by atoms with Gasteiger partial charge < -0.3 is 5.32 Å². The van der Waals surface area contributed by atoms with Crippen molar-refractivity contribution in [3.8, 4) is 11.4 Å². The van der Waals surface area contributed by atoms with Gasteiger partial charge in [-0.05, 0) is 36.3 Å². The van der Waals surface area contributed by atoms with Crippen LogP contribution >= 0.6 is 11.6 Å². The van der Waals surface area contributed by atoms with Gasteiger partial charge in [0.15, 0.2) is 0 Å². The molecule has 1 N–H and O–H groups in total. The van der Waals surface area contributed by atoms with E-state index < -0.39 is 0 Å². The SMILES string of the molecule is CC[C@H](NC(=O)Cn1nnc(-c2cccc(Cl)c2)n1)c1ccc(C)cc1. The molecule has 6 nitrogen and oxygen atoms in total. The fourth-order valence-corrected chi connectivity index (χ4v) is 2.83. The second-order valence-corrected chi connectivity index (χ2v) is 6.53. The summed E-state index contributed by atoms with van der Waals surface area (Å²) in [6.07, 6.45) is 0.799. The quantitative estimate of drug-likeness (QED) is 0.720. The Bertz CT molecular complexity index is 891. The number of rotatable bonds is 6. The van der Waals surface area contributed by atoms with Gasteiger partial charge in [-0.15, -0.1) is 10.2 Å². The number of aryl methyl sites for hydroxylation is 1. The Morgan fingerprint density at radius 1 is 1.23 bits per heavy atom. The number of nitrogens with one attached hydrogen (secondary N) is 1. The van der Waals surface area contributed by atoms with Crippen molar-refractivity contribution in [2.45, 2.75) is 32.9 Å². The van der Waals surface area contributed by atoms with E-state index in [1.807, 2.05) is 50.2 Å². The van der Waals surface area contributed by atoms with Crippen molar-refractivity contribution in [1.29, 1.82) is 0 Å². The molecule has 2 aromatic carbocycles. The molecule has 1 aromatic heterocycles. The number of tetrazole rings is 1. The maximum Gasteiger partial charge on any atom is 0.244 e. The van der Waals surface area contributed by atoms with Gasteiger partial charge >= 0.3 is 0 Å². The minimum absolute atomic E-state index is 0.00985. The first kappa shape index (κ1) is 18.1. The van der Waals surface area contributed by atoms with Crippen LogP contribution in [0, 0.1) is 6.92 Å². The highest BCUT2D eigenvalue weighted by Gasteiger charge is 2.15. The number of carbonyl (C=O) groups excluding carboxylic acids is 1. The summed E-state index contributed by atoms with van der Waals surface area (Å²) in [7, 11) is 0. The van der Waals surface area contributed by atoms with Crippen LogP contribution in [0.2, 0.25) is 5.02 Å². The van der Waals surface area contributed by atoms with Crippen LogP contribution in [0.4, 0.5) is 0 Å². The van der Waals surface area contributed by atoms with Crippen LogP contribution in [-0.2, 0) is 11.3 Å². The third-order valence-electron chi connectivity index (χ3n) is 4.04. The molecule has 7 heteroatoms. The highest BCUT2D eigenvalue weighted by molar-refractivity contribution is 6.30. The van der Waals surface area contributed by atoms with Crippen LogP contribution in [0.25, 0.3) is 11.4 Å². The Labute approximate surface area is 157 Å². The molecule has 0 radical (unpaired) electrons. The normalized spacial score (nSPS) is 12.0. The van der Waals surface area contributed by atoms with E-state index in [4.69, 9.17) is 11.6 Å². The third kappa shape index (κ3) is 4.46. The standard InChI is InChI=1S/C19H20ClN5O/c1-3-17(14-9-7-13(2)8-10-14)21-18(26)12-25-23-19(22-24-25)15-5-4-6-16(20)11-15/h4-11,17H,3,12H2,1-2H3,(H,21,26)/t17-/m0/s1. The van der Waals surface area contributed by atoms with E-state index in [1.165, 1.54) is 10.4 Å². The van der Waals surface area contributed by atoms with Gasteiger partial charge in [0.1, 0.15) is 6.54 Å². The monoisotopic (exact) mass is 369 g/mol. The molecule has 0 fully saturated rings. The van der Waals surface area contributed by atoms with Crippen molar-refractivity contribution in [3.63, 3.8) is 0 Å². The van der Waals surface area contributed by atoms with Crippen LogP contribution in [0.5, 0.6) is 0 Å². The average molecular weight is 370 g/mol. The van der Waals surface area contributed by atoms with Crippen molar-refractivity contribution in [2.24, 2.45) is 0 Å². The van der Waals surface area contributed by atoms with E-state index in [0.29, 0.717) is 10.8 Å². The van der Waals surface area contributed by atoms with Crippen LogP contribution in [0.1, 0.15) is 30.5 Å². The second kappa shape index (κ2) is 8.10. The lowest BCUT2D eigenvalue weighted by atomic mass is 10.0. The maximum absolute atomic E-state index is 12.4. The molecule has 0 saturated carbocycles. The zero-order chi connectivity index (χ0) is 18.5. The average Bonchev–Trinajstić information content (AvgIpc) is 3.09. The highest BCUT2D eigenvalue weighted by atomic mass is 35.5. The molecule has 0 aliphatic rings. The fraction of sp³-hybridized carbons (Fsp3) is 0.263. The van der Waals surface area contributed by atoms with Crippen molar-refractivity contribution >= 4 is 17.5 Å². The summed E-state index contributed by atoms with van der Waals surface area (Å²) < 4.78 is 0. The number of nitrogens with zero attached hydrogens (tertiary/aromatic N) is 4. The Balaban J connectivity index is 1.65. The van der Waals surface area contributed by atoms with Crippen LogP contribution < -0.4 is 5.32 Å². The van der Waals surface area contributed by atoms with E-state index in [0.717, 1.165) is 17.5 Å². The molecule has 0 aliphatic carbocycles. The molecule has 0 bridgehead atoms. The van der Waals surface area contributed by atoms with Gasteiger partial charge in [-0.25, -0.2) is 0 Å². The lowest BCUT2D eigenvalue weighted by Crippen LogP contribution is -2.32. The molecular weight excluding hydrogens is 350 g/mol. The Kier molecular flexibility index (Phi) is 5.63. The number of hydrogen-bond acceptors (Lipinski definition) is 4. The van der Waals surface area contributed by atoms with Crippen LogP contribution in [0.15, 0.2) is 48.5 Å². The van der Waals surface area contributed by atoms with Crippen molar-refractivity contribution in [2.75, 3.05) is 0 Å².